The van der Waals surface area contributed by atoms with Crippen LogP contribution < -0.4 is 0 Å². The minimum atomic E-state index is -0.728. The SMILES string of the molecule is CN(C1CCCC1)C(CC(=O)O)c1ccccc1. The second-order valence-corrected chi connectivity index (χ2v) is 5.13. The Morgan fingerprint density at radius 1 is 1.33 bits per heavy atom. The Kier molecular flexibility index (Phi) is 4.37. The van der Waals surface area contributed by atoms with Crippen molar-refractivity contribution in [1.82, 2.24) is 4.90 Å². The van der Waals surface area contributed by atoms with E-state index in [0.717, 1.165) is 5.56 Å². The highest BCUT2D eigenvalue weighted by Crippen LogP contribution is 2.31. The second kappa shape index (κ2) is 6.01. The number of benzene rings is 1. The fourth-order valence-electron chi connectivity index (χ4n) is 2.90. The van der Waals surface area contributed by atoms with Crippen LogP contribution in [0.5, 0.6) is 0 Å². The zero-order chi connectivity index (χ0) is 13.0. The molecule has 1 aromatic rings. The summed E-state index contributed by atoms with van der Waals surface area (Å²) in [6.45, 7) is 0. The van der Waals surface area contributed by atoms with Crippen LogP contribution in [0, 0.1) is 0 Å². The summed E-state index contributed by atoms with van der Waals surface area (Å²) in [5, 5.41) is 9.11. The summed E-state index contributed by atoms with van der Waals surface area (Å²) >= 11 is 0. The largest absolute Gasteiger partial charge is 0.481 e. The zero-order valence-corrected chi connectivity index (χ0v) is 10.9. The highest BCUT2D eigenvalue weighted by molar-refractivity contribution is 5.68. The Labute approximate surface area is 108 Å². The molecule has 1 N–H and O–H groups in total. The lowest BCUT2D eigenvalue weighted by Gasteiger charge is -2.32. The molecule has 0 aromatic heterocycles. The standard InChI is InChI=1S/C15H21NO2/c1-16(13-9-5-6-10-13)14(11-15(17)18)12-7-3-2-4-8-12/h2-4,7-8,13-14H,5-6,9-11H2,1H3,(H,17,18). The molecule has 0 aliphatic heterocycles. The summed E-state index contributed by atoms with van der Waals surface area (Å²) in [6, 6.07) is 10.5. The fraction of sp³-hybridized carbons (Fsp3) is 0.533. The third-order valence-electron chi connectivity index (χ3n) is 3.94. The maximum atomic E-state index is 11.1. The van der Waals surface area contributed by atoms with Crippen molar-refractivity contribution in [2.45, 2.75) is 44.2 Å². The van der Waals surface area contributed by atoms with Crippen molar-refractivity contribution in [2.24, 2.45) is 0 Å². The van der Waals surface area contributed by atoms with Gasteiger partial charge in [0.25, 0.3) is 0 Å². The number of carboxylic acids is 1. The maximum absolute atomic E-state index is 11.1. The van der Waals surface area contributed by atoms with E-state index in [4.69, 9.17) is 5.11 Å². The molecule has 18 heavy (non-hydrogen) atoms. The van der Waals surface area contributed by atoms with E-state index >= 15 is 0 Å². The molecule has 1 fully saturated rings. The van der Waals surface area contributed by atoms with Gasteiger partial charge in [-0.15, -0.1) is 0 Å². The molecule has 0 bridgehead atoms. The van der Waals surface area contributed by atoms with Crippen LogP contribution >= 0.6 is 0 Å². The van der Waals surface area contributed by atoms with Crippen LogP contribution in [0.15, 0.2) is 30.3 Å². The molecule has 1 aromatic carbocycles. The Bertz CT molecular complexity index is 385. The van der Waals surface area contributed by atoms with Gasteiger partial charge in [-0.2, -0.15) is 0 Å². The molecule has 1 aliphatic rings. The average Bonchev–Trinajstić information content (AvgIpc) is 2.90. The topological polar surface area (TPSA) is 40.5 Å². The zero-order valence-electron chi connectivity index (χ0n) is 10.9. The van der Waals surface area contributed by atoms with Gasteiger partial charge in [0.1, 0.15) is 0 Å². The number of rotatable bonds is 5. The van der Waals surface area contributed by atoms with Crippen molar-refractivity contribution in [3.05, 3.63) is 35.9 Å². The summed E-state index contributed by atoms with van der Waals surface area (Å²) in [5.74, 6) is -0.728. The van der Waals surface area contributed by atoms with Gasteiger partial charge in [0.15, 0.2) is 0 Å². The Balaban J connectivity index is 2.16. The number of hydrogen-bond acceptors (Lipinski definition) is 2. The number of carboxylic acid groups (broad SMARTS) is 1. The highest BCUT2D eigenvalue weighted by atomic mass is 16.4. The van der Waals surface area contributed by atoms with Gasteiger partial charge in [-0.05, 0) is 25.5 Å². The lowest BCUT2D eigenvalue weighted by Crippen LogP contribution is -2.34. The summed E-state index contributed by atoms with van der Waals surface area (Å²) in [5.41, 5.74) is 1.11. The molecular weight excluding hydrogens is 226 g/mol. The van der Waals surface area contributed by atoms with Gasteiger partial charge < -0.3 is 5.11 Å². The Morgan fingerprint density at radius 3 is 2.50 bits per heavy atom. The summed E-state index contributed by atoms with van der Waals surface area (Å²) < 4.78 is 0. The van der Waals surface area contributed by atoms with Gasteiger partial charge in [-0.25, -0.2) is 0 Å². The predicted molar refractivity (Wildman–Crippen MR) is 71.5 cm³/mol. The molecule has 1 unspecified atom stereocenters. The van der Waals surface area contributed by atoms with E-state index in [9.17, 15) is 4.79 Å². The first-order chi connectivity index (χ1) is 8.68. The van der Waals surface area contributed by atoms with Gasteiger partial charge >= 0.3 is 5.97 Å². The molecule has 3 heteroatoms. The van der Waals surface area contributed by atoms with Crippen molar-refractivity contribution in [2.75, 3.05) is 7.05 Å². The van der Waals surface area contributed by atoms with Crippen LogP contribution in [-0.2, 0) is 4.79 Å². The van der Waals surface area contributed by atoms with E-state index in [-0.39, 0.29) is 12.5 Å². The Morgan fingerprint density at radius 2 is 1.94 bits per heavy atom. The smallest absolute Gasteiger partial charge is 0.305 e. The molecule has 2 rings (SSSR count). The van der Waals surface area contributed by atoms with Gasteiger partial charge in [0, 0.05) is 12.1 Å². The average molecular weight is 247 g/mol. The molecule has 0 spiro atoms. The van der Waals surface area contributed by atoms with E-state index < -0.39 is 5.97 Å². The molecule has 0 amide bonds. The quantitative estimate of drug-likeness (QED) is 0.869. The second-order valence-electron chi connectivity index (χ2n) is 5.13. The summed E-state index contributed by atoms with van der Waals surface area (Å²) in [4.78, 5) is 13.3. The lowest BCUT2D eigenvalue weighted by molar-refractivity contribution is -0.138. The first-order valence-corrected chi connectivity index (χ1v) is 6.67. The molecule has 1 saturated carbocycles. The molecule has 98 valence electrons. The van der Waals surface area contributed by atoms with Crippen molar-refractivity contribution < 1.29 is 9.90 Å². The third-order valence-corrected chi connectivity index (χ3v) is 3.94. The van der Waals surface area contributed by atoms with Crippen LogP contribution in [0.3, 0.4) is 0 Å². The minimum Gasteiger partial charge on any atom is -0.481 e. The monoisotopic (exact) mass is 247 g/mol. The normalized spacial score (nSPS) is 18.1. The molecular formula is C15H21NO2. The van der Waals surface area contributed by atoms with Crippen LogP contribution in [-0.4, -0.2) is 29.1 Å². The van der Waals surface area contributed by atoms with Crippen LogP contribution in [0.25, 0.3) is 0 Å². The molecule has 0 radical (unpaired) electrons. The summed E-state index contributed by atoms with van der Waals surface area (Å²) in [7, 11) is 2.07. The number of carbonyl (C=O) groups is 1. The minimum absolute atomic E-state index is 0.00759. The van der Waals surface area contributed by atoms with Crippen molar-refractivity contribution in [1.29, 1.82) is 0 Å². The summed E-state index contributed by atoms with van der Waals surface area (Å²) in [6.07, 6.45) is 5.10. The van der Waals surface area contributed by atoms with Gasteiger partial charge in [0.2, 0.25) is 0 Å². The highest BCUT2D eigenvalue weighted by Gasteiger charge is 2.28. The van der Waals surface area contributed by atoms with Crippen molar-refractivity contribution >= 4 is 5.97 Å². The van der Waals surface area contributed by atoms with E-state index in [1.54, 1.807) is 0 Å². The molecule has 3 nitrogen and oxygen atoms in total. The first-order valence-electron chi connectivity index (χ1n) is 6.67. The van der Waals surface area contributed by atoms with E-state index in [1.165, 1.54) is 25.7 Å². The number of aliphatic carboxylic acids is 1. The first kappa shape index (κ1) is 13.1. The maximum Gasteiger partial charge on any atom is 0.305 e. The van der Waals surface area contributed by atoms with Crippen molar-refractivity contribution in [3.63, 3.8) is 0 Å². The number of hydrogen-bond donors (Lipinski definition) is 1. The molecule has 1 atom stereocenters. The molecule has 0 saturated heterocycles. The molecule has 1 aliphatic carbocycles. The lowest BCUT2D eigenvalue weighted by atomic mass is 10.0. The van der Waals surface area contributed by atoms with Crippen LogP contribution in [0.2, 0.25) is 0 Å². The van der Waals surface area contributed by atoms with Gasteiger partial charge in [0.05, 0.1) is 6.42 Å². The van der Waals surface area contributed by atoms with Crippen molar-refractivity contribution in [3.8, 4) is 0 Å². The predicted octanol–water partition coefficient (Wildman–Crippen LogP) is 3.08. The van der Waals surface area contributed by atoms with E-state index in [1.807, 2.05) is 30.3 Å². The van der Waals surface area contributed by atoms with Crippen LogP contribution in [0.4, 0.5) is 0 Å². The fourth-order valence-corrected chi connectivity index (χ4v) is 2.90. The van der Waals surface area contributed by atoms with E-state index in [0.29, 0.717) is 6.04 Å². The van der Waals surface area contributed by atoms with Gasteiger partial charge in [-0.1, -0.05) is 43.2 Å². The van der Waals surface area contributed by atoms with E-state index in [2.05, 4.69) is 11.9 Å². The molecule has 0 heterocycles. The van der Waals surface area contributed by atoms with Gasteiger partial charge in [-0.3, -0.25) is 9.69 Å². The Hall–Kier alpha value is -1.35. The van der Waals surface area contributed by atoms with Crippen LogP contribution in [0.1, 0.15) is 43.7 Å². The number of nitrogens with zero attached hydrogens (tertiary/aromatic N) is 1. The third kappa shape index (κ3) is 3.10.